The summed E-state index contributed by atoms with van der Waals surface area (Å²) in [6.07, 6.45) is -7.16. The number of thiophene rings is 1. The van der Waals surface area contributed by atoms with E-state index >= 15 is 0 Å². The highest BCUT2D eigenvalue weighted by molar-refractivity contribution is 8.02. The van der Waals surface area contributed by atoms with Crippen LogP contribution in [-0.2, 0) is 21.0 Å². The molecule has 0 aliphatic carbocycles. The maximum atomic E-state index is 12.2. The molecule has 1 heterocycles. The summed E-state index contributed by atoms with van der Waals surface area (Å²) in [4.78, 5) is 4.03. The normalized spacial score (nSPS) is 13.0. The quantitative estimate of drug-likeness (QED) is 0.105. The van der Waals surface area contributed by atoms with E-state index in [0.717, 1.165) is 0 Å². The molecule has 4 rings (SSSR count). The molecule has 0 bridgehead atoms. The minimum Gasteiger partial charge on any atom is -0.743 e. The van der Waals surface area contributed by atoms with Crippen molar-refractivity contribution in [3.63, 3.8) is 0 Å². The Morgan fingerprint density at radius 3 is 1.56 bits per heavy atom. The van der Waals surface area contributed by atoms with E-state index in [0.29, 0.717) is 0 Å². The van der Waals surface area contributed by atoms with Gasteiger partial charge in [-0.2, -0.15) is 39.5 Å². The average Bonchev–Trinajstić information content (AvgIpc) is 3.38. The van der Waals surface area contributed by atoms with E-state index in [1.165, 1.54) is 28.7 Å². The predicted molar refractivity (Wildman–Crippen MR) is 145 cm³/mol. The first-order chi connectivity index (χ1) is 19.8. The Hall–Kier alpha value is -2.66. The zero-order valence-corrected chi connectivity index (χ0v) is 24.8. The molecule has 0 fully saturated rings. The van der Waals surface area contributed by atoms with Gasteiger partial charge in [0.25, 0.3) is 0 Å². The van der Waals surface area contributed by atoms with Crippen molar-refractivity contribution in [1.29, 1.82) is 0 Å². The molecule has 43 heavy (non-hydrogen) atoms. The molecular formula is C27H19F9O3S4. The topological polar surface area (TPSA) is 57.2 Å². The van der Waals surface area contributed by atoms with Gasteiger partial charge >= 0.3 is 23.3 Å². The molecule has 16 heteroatoms. The van der Waals surface area contributed by atoms with Crippen LogP contribution in [0.3, 0.4) is 0 Å². The van der Waals surface area contributed by atoms with Crippen LogP contribution in [0.15, 0.2) is 120 Å². The van der Waals surface area contributed by atoms with Gasteiger partial charge in [0.05, 0.1) is 4.21 Å². The molecule has 3 aromatic carbocycles. The molecule has 0 atom stereocenters. The summed E-state index contributed by atoms with van der Waals surface area (Å²) in [5.41, 5.74) is 1.30. The van der Waals surface area contributed by atoms with E-state index in [4.69, 9.17) is 0 Å². The number of benzene rings is 3. The fourth-order valence-corrected chi connectivity index (χ4v) is 8.61. The van der Waals surface area contributed by atoms with Crippen molar-refractivity contribution in [2.45, 2.75) is 53.3 Å². The van der Waals surface area contributed by atoms with Crippen molar-refractivity contribution in [1.82, 2.24) is 0 Å². The molecule has 0 radical (unpaired) electrons. The molecule has 1 aromatic heterocycles. The van der Waals surface area contributed by atoms with E-state index in [2.05, 4.69) is 104 Å². The van der Waals surface area contributed by atoms with Crippen LogP contribution in [-0.4, -0.2) is 36.2 Å². The molecule has 0 saturated carbocycles. The summed E-state index contributed by atoms with van der Waals surface area (Å²) in [7, 11) is -7.47. The zero-order valence-electron chi connectivity index (χ0n) is 21.5. The lowest BCUT2D eigenvalue weighted by molar-refractivity contribution is -0.382. The van der Waals surface area contributed by atoms with Crippen molar-refractivity contribution in [2.24, 2.45) is 0 Å². The van der Waals surface area contributed by atoms with Crippen LogP contribution in [0, 0.1) is 6.92 Å². The van der Waals surface area contributed by atoms with Crippen LogP contribution >= 0.6 is 23.1 Å². The van der Waals surface area contributed by atoms with Gasteiger partial charge < -0.3 is 4.55 Å². The van der Waals surface area contributed by atoms with Gasteiger partial charge in [-0.15, -0.1) is 0 Å². The second-order valence-corrected chi connectivity index (χ2v) is 14.7. The molecular weight excluding hydrogens is 672 g/mol. The van der Waals surface area contributed by atoms with Crippen LogP contribution in [0.5, 0.6) is 0 Å². The molecule has 0 spiro atoms. The van der Waals surface area contributed by atoms with Crippen molar-refractivity contribution in [2.75, 3.05) is 0 Å². The van der Waals surface area contributed by atoms with E-state index in [-0.39, 0.29) is 10.9 Å². The lowest BCUT2D eigenvalue weighted by Crippen LogP contribution is -2.63. The van der Waals surface area contributed by atoms with Crippen molar-refractivity contribution >= 4 is 44.1 Å². The number of rotatable bonds is 8. The molecule has 0 aliphatic heterocycles. The maximum absolute atomic E-state index is 12.2. The van der Waals surface area contributed by atoms with Gasteiger partial charge in [-0.1, -0.05) is 77.2 Å². The first-order valence-electron chi connectivity index (χ1n) is 11.6. The molecule has 0 N–H and O–H groups in total. The number of hydrogen-bond acceptors (Lipinski definition) is 5. The SMILES string of the molecule is Cc1ccc(Sc2ccc([S+](c3ccccc3)c3ccccc3)s2)cc1.O=S(=O)([O-])C(F)(F)C(F)(F)C(F)(F)C(F)(F)F. The summed E-state index contributed by atoms with van der Waals surface area (Å²) < 4.78 is 138. The maximum Gasteiger partial charge on any atom is 0.460 e. The van der Waals surface area contributed by atoms with Crippen LogP contribution in [0.4, 0.5) is 39.5 Å². The monoisotopic (exact) mass is 690 g/mol. The lowest BCUT2D eigenvalue weighted by Gasteiger charge is -2.34. The Labute approximate surface area is 251 Å². The van der Waals surface area contributed by atoms with Crippen LogP contribution < -0.4 is 0 Å². The molecule has 0 saturated heterocycles. The van der Waals surface area contributed by atoms with E-state index in [1.54, 1.807) is 0 Å². The second kappa shape index (κ2) is 13.1. The Morgan fingerprint density at radius 1 is 0.674 bits per heavy atom. The number of hydrogen-bond donors (Lipinski definition) is 0. The molecule has 4 aromatic rings. The Kier molecular flexibility index (Phi) is 10.6. The van der Waals surface area contributed by atoms with E-state index in [1.807, 2.05) is 23.1 Å². The highest BCUT2D eigenvalue weighted by Gasteiger charge is 2.83. The number of alkyl halides is 9. The van der Waals surface area contributed by atoms with Gasteiger partial charge in [-0.25, -0.2) is 8.42 Å². The van der Waals surface area contributed by atoms with Gasteiger partial charge in [0.15, 0.2) is 19.9 Å². The summed E-state index contributed by atoms with van der Waals surface area (Å²) >= 11 is 3.75. The minimum atomic E-state index is -7.43. The van der Waals surface area contributed by atoms with Gasteiger partial charge in [0.1, 0.15) is 10.9 Å². The molecule has 0 aliphatic rings. The molecule has 0 unspecified atom stereocenters. The number of aryl methyl sites for hydroxylation is 1. The highest BCUT2D eigenvalue weighted by Crippen LogP contribution is 2.54. The summed E-state index contributed by atoms with van der Waals surface area (Å²) in [6.45, 7) is 2.13. The number of halogens is 9. The highest BCUT2D eigenvalue weighted by atomic mass is 32.2. The molecule has 3 nitrogen and oxygen atoms in total. The largest absolute Gasteiger partial charge is 0.743 e. The third-order valence-corrected chi connectivity index (χ3v) is 11.1. The predicted octanol–water partition coefficient (Wildman–Crippen LogP) is 9.26. The third-order valence-electron chi connectivity index (χ3n) is 5.38. The fraction of sp³-hybridized carbons (Fsp3) is 0.185. The Morgan fingerprint density at radius 2 is 1.14 bits per heavy atom. The zero-order chi connectivity index (χ0) is 32.3. The van der Waals surface area contributed by atoms with Gasteiger partial charge in [-0.3, -0.25) is 0 Å². The minimum absolute atomic E-state index is 0.0503. The Balaban J connectivity index is 0.000000261. The smallest absolute Gasteiger partial charge is 0.460 e. The summed E-state index contributed by atoms with van der Waals surface area (Å²) in [5, 5.41) is -7.11. The van der Waals surface area contributed by atoms with Crippen LogP contribution in [0.1, 0.15) is 5.56 Å². The van der Waals surface area contributed by atoms with Crippen LogP contribution in [0.2, 0.25) is 0 Å². The first-order valence-corrected chi connectivity index (χ1v) is 15.9. The van der Waals surface area contributed by atoms with Crippen molar-refractivity contribution in [3.8, 4) is 0 Å². The van der Waals surface area contributed by atoms with Crippen molar-refractivity contribution in [3.05, 3.63) is 103 Å². The third kappa shape index (κ3) is 7.71. The van der Waals surface area contributed by atoms with Gasteiger partial charge in [0.2, 0.25) is 4.21 Å². The summed E-state index contributed by atoms with van der Waals surface area (Å²) in [5.74, 6) is -14.8. The molecule has 232 valence electrons. The summed E-state index contributed by atoms with van der Waals surface area (Å²) in [6, 6.07) is 35.0. The average molecular weight is 691 g/mol. The van der Waals surface area contributed by atoms with Crippen molar-refractivity contribution < 1.29 is 52.5 Å². The second-order valence-electron chi connectivity index (χ2n) is 8.54. The standard InChI is InChI=1S/C23H19S3.C4HF9O3S/c1-18-12-14-19(15-13-18)24-22-16-17-23(25-22)26(20-8-4-2-5-9-20)21-10-6-3-7-11-21;5-1(6,3(9,10)11)2(7,8)4(12,13)17(14,15)16/h2-17H,1H3;(H,14,15,16)/q+1;/p-1. The fourth-order valence-electron chi connectivity index (χ4n) is 3.19. The van der Waals surface area contributed by atoms with Gasteiger partial charge in [-0.05, 0) is 49.4 Å². The van der Waals surface area contributed by atoms with E-state index in [9.17, 15) is 52.5 Å². The Bertz CT molecular complexity index is 1550. The van der Waals surface area contributed by atoms with Gasteiger partial charge in [0, 0.05) is 11.0 Å². The van der Waals surface area contributed by atoms with Crippen LogP contribution in [0.25, 0.3) is 0 Å². The molecule has 0 amide bonds. The first kappa shape index (κ1) is 34.8. The van der Waals surface area contributed by atoms with E-state index < -0.39 is 33.4 Å². The lowest BCUT2D eigenvalue weighted by atomic mass is 10.1.